The fraction of sp³-hybridized carbons (Fsp3) is 0.357. The number of urea groups is 1. The highest BCUT2D eigenvalue weighted by molar-refractivity contribution is 6.13. The molecular formula is C28H30N10O3. The molecule has 4 amide bonds. The summed E-state index contributed by atoms with van der Waals surface area (Å²) in [4.78, 5) is 62.8. The van der Waals surface area contributed by atoms with Crippen LogP contribution < -0.4 is 15.5 Å². The van der Waals surface area contributed by atoms with Crippen molar-refractivity contribution in [2.75, 3.05) is 29.1 Å². The summed E-state index contributed by atoms with van der Waals surface area (Å²) < 4.78 is 1.86. The second-order valence-corrected chi connectivity index (χ2v) is 10.7. The summed E-state index contributed by atoms with van der Waals surface area (Å²) in [6.07, 6.45) is 6.22. The van der Waals surface area contributed by atoms with Gasteiger partial charge in [-0.15, -0.1) is 0 Å². The van der Waals surface area contributed by atoms with Crippen LogP contribution in [0, 0.1) is 26.7 Å². The molecule has 1 saturated heterocycles. The van der Waals surface area contributed by atoms with Crippen LogP contribution in [-0.2, 0) is 9.59 Å². The highest BCUT2D eigenvalue weighted by atomic mass is 16.2. The van der Waals surface area contributed by atoms with E-state index in [1.54, 1.807) is 19.2 Å². The average molecular weight is 555 g/mol. The highest BCUT2D eigenvalue weighted by Crippen LogP contribution is 2.46. The molecule has 1 saturated carbocycles. The first-order valence-corrected chi connectivity index (χ1v) is 13.4. The number of carbonyl (C=O) groups excluding carboxylic acids is 3. The third kappa shape index (κ3) is 5.06. The van der Waals surface area contributed by atoms with Crippen LogP contribution >= 0.6 is 0 Å². The Hall–Kier alpha value is -4.94. The minimum absolute atomic E-state index is 0.00778. The number of hydrogen-bond donors (Lipinski definition) is 2. The lowest BCUT2D eigenvalue weighted by Crippen LogP contribution is -2.30. The van der Waals surface area contributed by atoms with E-state index in [4.69, 9.17) is 4.98 Å². The van der Waals surface area contributed by atoms with Gasteiger partial charge in [-0.2, -0.15) is 0 Å². The number of hydrogen-bond acceptors (Lipinski definition) is 9. The van der Waals surface area contributed by atoms with Gasteiger partial charge in [-0.1, -0.05) is 0 Å². The van der Waals surface area contributed by atoms with E-state index < -0.39 is 0 Å². The predicted octanol–water partition coefficient (Wildman–Crippen LogP) is 3.15. The third-order valence-corrected chi connectivity index (χ3v) is 7.33. The molecule has 2 aliphatic rings. The molecule has 0 radical (unpaired) electrons. The van der Waals surface area contributed by atoms with Crippen molar-refractivity contribution >= 4 is 40.8 Å². The molecule has 210 valence electrons. The quantitative estimate of drug-likeness (QED) is 0.328. The normalized spacial score (nSPS) is 19.1. The molecule has 6 rings (SSSR count). The Balaban J connectivity index is 1.19. The van der Waals surface area contributed by atoms with Crippen molar-refractivity contribution in [2.24, 2.45) is 5.92 Å². The van der Waals surface area contributed by atoms with Crippen LogP contribution in [0.2, 0.25) is 0 Å². The summed E-state index contributed by atoms with van der Waals surface area (Å²) in [6, 6.07) is 4.73. The molecule has 0 unspecified atom stereocenters. The van der Waals surface area contributed by atoms with Crippen molar-refractivity contribution in [3.63, 3.8) is 0 Å². The topological polar surface area (TPSA) is 151 Å². The van der Waals surface area contributed by atoms with Gasteiger partial charge in [-0.25, -0.2) is 29.7 Å². The molecule has 2 N–H and O–H groups in total. The van der Waals surface area contributed by atoms with Gasteiger partial charge in [-0.3, -0.25) is 19.4 Å². The number of anilines is 3. The van der Waals surface area contributed by atoms with Gasteiger partial charge in [-0.05, 0) is 51.8 Å². The summed E-state index contributed by atoms with van der Waals surface area (Å²) in [5.41, 5.74) is 3.65. The van der Waals surface area contributed by atoms with Crippen molar-refractivity contribution in [3.8, 4) is 0 Å². The SMILES string of the molecule is Cc1cc(N2CC(=O)N(C)C2=O)c2nc([C@@H](C)Nc3cc(NC(=O)[C@H]4C[C@@H]4c4nccc(C)n4)nc(C)n3)cn2c1. The maximum atomic E-state index is 12.9. The van der Waals surface area contributed by atoms with Crippen molar-refractivity contribution in [1.29, 1.82) is 0 Å². The van der Waals surface area contributed by atoms with Gasteiger partial charge in [0, 0.05) is 49.2 Å². The monoisotopic (exact) mass is 554 g/mol. The lowest BCUT2D eigenvalue weighted by atomic mass is 10.2. The zero-order valence-electron chi connectivity index (χ0n) is 23.4. The molecule has 0 aromatic carbocycles. The smallest absolute Gasteiger partial charge is 0.331 e. The van der Waals surface area contributed by atoms with Gasteiger partial charge in [0.25, 0.3) is 0 Å². The Morgan fingerprint density at radius 1 is 1.05 bits per heavy atom. The van der Waals surface area contributed by atoms with E-state index in [-0.39, 0.29) is 42.3 Å². The lowest BCUT2D eigenvalue weighted by Gasteiger charge is -2.16. The Morgan fingerprint density at radius 3 is 2.56 bits per heavy atom. The van der Waals surface area contributed by atoms with Crippen LogP contribution in [-0.4, -0.2) is 65.7 Å². The van der Waals surface area contributed by atoms with E-state index in [1.807, 2.05) is 49.7 Å². The van der Waals surface area contributed by atoms with Crippen LogP contribution in [0.1, 0.15) is 53.9 Å². The maximum absolute atomic E-state index is 12.9. The van der Waals surface area contributed by atoms with Gasteiger partial charge < -0.3 is 15.0 Å². The second kappa shape index (κ2) is 9.91. The van der Waals surface area contributed by atoms with E-state index >= 15 is 0 Å². The number of pyridine rings is 1. The highest BCUT2D eigenvalue weighted by Gasteiger charge is 2.46. The molecule has 13 nitrogen and oxygen atoms in total. The summed E-state index contributed by atoms with van der Waals surface area (Å²) in [7, 11) is 1.47. The first kappa shape index (κ1) is 26.3. The number of imidazole rings is 1. The maximum Gasteiger partial charge on any atom is 0.331 e. The van der Waals surface area contributed by atoms with E-state index in [2.05, 4.69) is 30.6 Å². The largest absolute Gasteiger partial charge is 0.362 e. The Morgan fingerprint density at radius 2 is 1.83 bits per heavy atom. The second-order valence-electron chi connectivity index (χ2n) is 10.7. The zero-order valence-corrected chi connectivity index (χ0v) is 23.4. The number of rotatable bonds is 7. The molecule has 4 aromatic rings. The summed E-state index contributed by atoms with van der Waals surface area (Å²) in [5, 5.41) is 6.26. The summed E-state index contributed by atoms with van der Waals surface area (Å²) in [6.45, 7) is 7.51. The fourth-order valence-corrected chi connectivity index (χ4v) is 5.07. The van der Waals surface area contributed by atoms with Gasteiger partial charge in [0.05, 0.1) is 17.4 Å². The summed E-state index contributed by atoms with van der Waals surface area (Å²) in [5.74, 6) is 1.55. The minimum atomic E-state index is -0.381. The van der Waals surface area contributed by atoms with Crippen LogP contribution in [0.25, 0.3) is 5.65 Å². The Kier molecular flexibility index (Phi) is 6.36. The molecular weight excluding hydrogens is 524 g/mol. The van der Waals surface area contributed by atoms with Crippen molar-refractivity contribution in [1.82, 2.24) is 34.2 Å². The first-order valence-electron chi connectivity index (χ1n) is 13.4. The minimum Gasteiger partial charge on any atom is -0.362 e. The van der Waals surface area contributed by atoms with Gasteiger partial charge in [0.1, 0.15) is 29.8 Å². The van der Waals surface area contributed by atoms with Crippen molar-refractivity contribution in [3.05, 3.63) is 65.4 Å². The van der Waals surface area contributed by atoms with E-state index in [0.717, 1.165) is 16.2 Å². The number of aromatic nitrogens is 6. The Labute approximate surface area is 236 Å². The van der Waals surface area contributed by atoms with E-state index in [9.17, 15) is 14.4 Å². The standard InChI is InChI=1S/C28H30N10O3/c1-14-8-21(38-13-24(39)36(5)28(38)41)26-34-20(12-37(26)11-14)16(3)31-22-10-23(33-17(4)32-22)35-27(40)19-9-18(19)25-29-7-6-15(2)30-25/h6-8,10-12,16,18-19H,9,13H2,1-5H3,(H2,31,32,33,35,40)/t16-,18+,19+/m1/s1. The molecule has 2 fully saturated rings. The zero-order chi connectivity index (χ0) is 29.0. The molecule has 0 bridgehead atoms. The lowest BCUT2D eigenvalue weighted by molar-refractivity contribution is -0.124. The van der Waals surface area contributed by atoms with Gasteiger partial charge in [0.2, 0.25) is 11.8 Å². The third-order valence-electron chi connectivity index (χ3n) is 7.33. The molecule has 1 aliphatic carbocycles. The number of amides is 4. The number of nitrogens with zero attached hydrogens (tertiary/aromatic N) is 8. The molecule has 1 aliphatic heterocycles. The van der Waals surface area contributed by atoms with Gasteiger partial charge in [0.15, 0.2) is 5.65 Å². The Bertz CT molecular complexity index is 1720. The van der Waals surface area contributed by atoms with Crippen molar-refractivity contribution < 1.29 is 14.4 Å². The summed E-state index contributed by atoms with van der Waals surface area (Å²) >= 11 is 0. The van der Waals surface area contributed by atoms with Crippen LogP contribution in [0.5, 0.6) is 0 Å². The molecule has 5 heterocycles. The molecule has 4 aromatic heterocycles. The number of nitrogens with one attached hydrogen (secondary N) is 2. The van der Waals surface area contributed by atoms with E-state index in [1.165, 1.54) is 11.9 Å². The number of imide groups is 1. The molecule has 13 heteroatoms. The number of likely N-dealkylation sites (N-methyl/N-ethyl adjacent to an activating group) is 1. The first-order chi connectivity index (χ1) is 19.6. The molecule has 41 heavy (non-hydrogen) atoms. The van der Waals surface area contributed by atoms with Crippen LogP contribution in [0.3, 0.4) is 0 Å². The number of fused-ring (bicyclic) bond motifs is 1. The fourth-order valence-electron chi connectivity index (χ4n) is 5.07. The number of aryl methyl sites for hydroxylation is 3. The molecule has 0 spiro atoms. The van der Waals surface area contributed by atoms with Crippen LogP contribution in [0.4, 0.5) is 22.1 Å². The van der Waals surface area contributed by atoms with Gasteiger partial charge >= 0.3 is 6.03 Å². The van der Waals surface area contributed by atoms with E-state index in [0.29, 0.717) is 46.7 Å². The molecule has 3 atom stereocenters. The van der Waals surface area contributed by atoms with Crippen LogP contribution in [0.15, 0.2) is 36.8 Å². The van der Waals surface area contributed by atoms with Crippen molar-refractivity contribution in [2.45, 2.75) is 46.1 Å². The number of carbonyl (C=O) groups is 3. The average Bonchev–Trinajstić information content (AvgIpc) is 3.55. The predicted molar refractivity (Wildman–Crippen MR) is 150 cm³/mol.